The van der Waals surface area contributed by atoms with Crippen molar-refractivity contribution in [2.45, 2.75) is 25.6 Å². The van der Waals surface area contributed by atoms with Crippen LogP contribution in [-0.2, 0) is 11.2 Å². The Morgan fingerprint density at radius 1 is 1.06 bits per heavy atom. The number of amides is 2. The van der Waals surface area contributed by atoms with E-state index in [9.17, 15) is 9.59 Å². The molecule has 164 valence electrons. The summed E-state index contributed by atoms with van der Waals surface area (Å²) in [6.07, 6.45) is 0.937. The summed E-state index contributed by atoms with van der Waals surface area (Å²) in [5.41, 5.74) is 4.32. The molecule has 1 saturated heterocycles. The molecule has 0 spiro atoms. The highest BCUT2D eigenvalue weighted by Gasteiger charge is 2.34. The molecule has 1 unspecified atom stereocenters. The highest BCUT2D eigenvalue weighted by Crippen LogP contribution is 2.42. The van der Waals surface area contributed by atoms with Crippen molar-refractivity contribution in [1.82, 2.24) is 0 Å². The summed E-state index contributed by atoms with van der Waals surface area (Å²) >= 11 is 1.58. The summed E-state index contributed by atoms with van der Waals surface area (Å²) in [6.45, 7) is 4.63. The molecule has 1 aliphatic heterocycles. The quantitative estimate of drug-likeness (QED) is 0.507. The summed E-state index contributed by atoms with van der Waals surface area (Å²) < 4.78 is 5.51. The van der Waals surface area contributed by atoms with Gasteiger partial charge in [-0.2, -0.15) is 0 Å². The van der Waals surface area contributed by atoms with Crippen molar-refractivity contribution in [3.63, 3.8) is 0 Å². The van der Waals surface area contributed by atoms with Gasteiger partial charge in [-0.3, -0.25) is 14.5 Å². The van der Waals surface area contributed by atoms with Gasteiger partial charge in [0.05, 0.1) is 12.4 Å². The van der Waals surface area contributed by atoms with Crippen LogP contribution in [0.25, 0.3) is 0 Å². The number of rotatable bonds is 7. The van der Waals surface area contributed by atoms with Crippen molar-refractivity contribution in [3.8, 4) is 5.75 Å². The van der Waals surface area contributed by atoms with Gasteiger partial charge in [0.25, 0.3) is 5.91 Å². The fourth-order valence-electron chi connectivity index (χ4n) is 3.68. The maximum absolute atomic E-state index is 12.7. The van der Waals surface area contributed by atoms with Gasteiger partial charge >= 0.3 is 0 Å². The molecule has 3 aromatic carbocycles. The van der Waals surface area contributed by atoms with Crippen LogP contribution in [-0.4, -0.2) is 24.2 Å². The van der Waals surface area contributed by atoms with E-state index in [-0.39, 0.29) is 17.2 Å². The van der Waals surface area contributed by atoms with Crippen molar-refractivity contribution in [3.05, 3.63) is 89.5 Å². The molecule has 4 rings (SSSR count). The number of thioether (sulfide) groups is 1. The zero-order valence-corrected chi connectivity index (χ0v) is 19.0. The van der Waals surface area contributed by atoms with E-state index in [4.69, 9.17) is 4.74 Å². The van der Waals surface area contributed by atoms with E-state index in [0.29, 0.717) is 23.6 Å². The molecule has 1 N–H and O–H groups in total. The van der Waals surface area contributed by atoms with Gasteiger partial charge in [0.15, 0.2) is 0 Å². The van der Waals surface area contributed by atoms with Gasteiger partial charge in [-0.05, 0) is 73.0 Å². The number of anilines is 2. The molecule has 1 heterocycles. The fourth-order valence-corrected chi connectivity index (χ4v) is 4.85. The molecule has 0 radical (unpaired) electrons. The number of hydrogen-bond donors (Lipinski definition) is 1. The van der Waals surface area contributed by atoms with Crippen LogP contribution < -0.4 is 15.0 Å². The molecule has 0 saturated carbocycles. The Bertz CT molecular complexity index is 1100. The standard InChI is InChI=1S/C26H26N2O3S/c1-3-18-8-10-19(11-9-18)25(30)27-21-7-5-6-20(16-21)26-28(24(29)17-32-26)22-12-14-23(15-13-22)31-4-2/h5-16,26H,3-4,17H2,1-2H3,(H,27,30). The third-order valence-electron chi connectivity index (χ3n) is 5.35. The average Bonchev–Trinajstić information content (AvgIpc) is 3.21. The topological polar surface area (TPSA) is 58.6 Å². The van der Waals surface area contributed by atoms with Crippen LogP contribution in [0.1, 0.15) is 40.7 Å². The molecule has 32 heavy (non-hydrogen) atoms. The van der Waals surface area contributed by atoms with E-state index in [2.05, 4.69) is 12.2 Å². The van der Waals surface area contributed by atoms with Gasteiger partial charge in [0, 0.05) is 16.9 Å². The Hall–Kier alpha value is -3.25. The molecule has 0 aromatic heterocycles. The second-order valence-electron chi connectivity index (χ2n) is 7.48. The maximum Gasteiger partial charge on any atom is 0.255 e. The number of benzene rings is 3. The van der Waals surface area contributed by atoms with E-state index in [1.165, 1.54) is 5.56 Å². The first-order chi connectivity index (χ1) is 15.6. The Morgan fingerprint density at radius 3 is 2.50 bits per heavy atom. The molecular formula is C26H26N2O3S. The Labute approximate surface area is 192 Å². The van der Waals surface area contributed by atoms with Gasteiger partial charge < -0.3 is 10.1 Å². The lowest BCUT2D eigenvalue weighted by molar-refractivity contribution is -0.115. The zero-order valence-electron chi connectivity index (χ0n) is 18.2. The van der Waals surface area contributed by atoms with Crippen LogP contribution in [0.15, 0.2) is 72.8 Å². The van der Waals surface area contributed by atoms with Gasteiger partial charge in [-0.1, -0.05) is 31.2 Å². The first-order valence-electron chi connectivity index (χ1n) is 10.8. The molecule has 0 bridgehead atoms. The van der Waals surface area contributed by atoms with Crippen LogP contribution in [0.5, 0.6) is 5.75 Å². The van der Waals surface area contributed by atoms with Crippen molar-refractivity contribution >= 4 is 35.0 Å². The summed E-state index contributed by atoms with van der Waals surface area (Å²) in [4.78, 5) is 27.2. The summed E-state index contributed by atoms with van der Waals surface area (Å²) in [5.74, 6) is 1.11. The van der Waals surface area contributed by atoms with E-state index < -0.39 is 0 Å². The van der Waals surface area contributed by atoms with Gasteiger partial charge in [0.1, 0.15) is 11.1 Å². The monoisotopic (exact) mass is 446 g/mol. The molecule has 2 amide bonds. The lowest BCUT2D eigenvalue weighted by atomic mass is 10.1. The van der Waals surface area contributed by atoms with Crippen molar-refractivity contribution in [2.24, 2.45) is 0 Å². The summed E-state index contributed by atoms with van der Waals surface area (Å²) in [5, 5.41) is 2.83. The second kappa shape index (κ2) is 9.92. The number of carbonyl (C=O) groups excluding carboxylic acids is 2. The first-order valence-corrected chi connectivity index (χ1v) is 11.8. The van der Waals surface area contributed by atoms with Crippen LogP contribution in [0.3, 0.4) is 0 Å². The number of nitrogens with one attached hydrogen (secondary N) is 1. The van der Waals surface area contributed by atoms with E-state index in [0.717, 1.165) is 23.4 Å². The third-order valence-corrected chi connectivity index (χ3v) is 6.56. The normalized spacial score (nSPS) is 15.6. The molecule has 6 heteroatoms. The predicted octanol–water partition coefficient (Wildman–Crippen LogP) is 5.68. The smallest absolute Gasteiger partial charge is 0.255 e. The largest absolute Gasteiger partial charge is 0.494 e. The Morgan fingerprint density at radius 2 is 1.81 bits per heavy atom. The molecule has 1 fully saturated rings. The minimum Gasteiger partial charge on any atom is -0.494 e. The minimum atomic E-state index is -0.152. The zero-order chi connectivity index (χ0) is 22.5. The molecular weight excluding hydrogens is 420 g/mol. The molecule has 1 atom stereocenters. The van der Waals surface area contributed by atoms with Crippen LogP contribution in [0.4, 0.5) is 11.4 Å². The predicted molar refractivity (Wildman–Crippen MR) is 131 cm³/mol. The maximum atomic E-state index is 12.7. The van der Waals surface area contributed by atoms with Crippen LogP contribution >= 0.6 is 11.8 Å². The second-order valence-corrected chi connectivity index (χ2v) is 8.55. The van der Waals surface area contributed by atoms with Crippen LogP contribution in [0, 0.1) is 0 Å². The number of nitrogens with zero attached hydrogens (tertiary/aromatic N) is 1. The lowest BCUT2D eigenvalue weighted by Crippen LogP contribution is -2.27. The fraction of sp³-hybridized carbons (Fsp3) is 0.231. The van der Waals surface area contributed by atoms with E-state index in [1.54, 1.807) is 11.8 Å². The number of ether oxygens (including phenoxy) is 1. The first kappa shape index (κ1) is 22.0. The summed E-state index contributed by atoms with van der Waals surface area (Å²) in [7, 11) is 0. The Kier molecular flexibility index (Phi) is 6.81. The SMILES string of the molecule is CCOc1ccc(N2C(=O)CSC2c2cccc(NC(=O)c3ccc(CC)cc3)c2)cc1. The minimum absolute atomic E-state index is 0.0645. The number of carbonyl (C=O) groups is 2. The highest BCUT2D eigenvalue weighted by molar-refractivity contribution is 8.00. The summed E-state index contributed by atoms with van der Waals surface area (Å²) in [6, 6.07) is 22.9. The van der Waals surface area contributed by atoms with E-state index >= 15 is 0 Å². The molecule has 1 aliphatic rings. The Balaban J connectivity index is 1.53. The van der Waals surface area contributed by atoms with Gasteiger partial charge in [-0.25, -0.2) is 0 Å². The molecule has 3 aromatic rings. The van der Waals surface area contributed by atoms with Crippen molar-refractivity contribution in [2.75, 3.05) is 22.6 Å². The molecule has 5 nitrogen and oxygen atoms in total. The lowest BCUT2D eigenvalue weighted by Gasteiger charge is -2.25. The average molecular weight is 447 g/mol. The molecule has 0 aliphatic carbocycles. The van der Waals surface area contributed by atoms with Crippen molar-refractivity contribution < 1.29 is 14.3 Å². The number of aryl methyl sites for hydroxylation is 1. The van der Waals surface area contributed by atoms with Gasteiger partial charge in [0.2, 0.25) is 5.91 Å². The van der Waals surface area contributed by atoms with Crippen LogP contribution in [0.2, 0.25) is 0 Å². The third kappa shape index (κ3) is 4.81. The van der Waals surface area contributed by atoms with Crippen molar-refractivity contribution in [1.29, 1.82) is 0 Å². The number of hydrogen-bond acceptors (Lipinski definition) is 4. The van der Waals surface area contributed by atoms with Gasteiger partial charge in [-0.15, -0.1) is 11.8 Å². The highest BCUT2D eigenvalue weighted by atomic mass is 32.2. The van der Waals surface area contributed by atoms with E-state index in [1.807, 2.05) is 84.6 Å².